The van der Waals surface area contributed by atoms with Crippen molar-refractivity contribution in [3.05, 3.63) is 62.8 Å². The van der Waals surface area contributed by atoms with E-state index in [4.69, 9.17) is 0 Å². The van der Waals surface area contributed by atoms with Crippen molar-refractivity contribution in [3.63, 3.8) is 0 Å². The summed E-state index contributed by atoms with van der Waals surface area (Å²) in [4.78, 5) is 39.2. The number of carbonyl (C=O) groups is 2. The molecular formula is C19H16F3N3O4S. The van der Waals surface area contributed by atoms with E-state index in [0.717, 1.165) is 0 Å². The van der Waals surface area contributed by atoms with Gasteiger partial charge in [-0.3, -0.25) is 14.4 Å². The van der Waals surface area contributed by atoms with Crippen LogP contribution in [-0.4, -0.2) is 51.0 Å². The Morgan fingerprint density at radius 3 is 2.63 bits per heavy atom. The molecule has 30 heavy (non-hydrogen) atoms. The predicted molar refractivity (Wildman–Crippen MR) is 102 cm³/mol. The van der Waals surface area contributed by atoms with Crippen LogP contribution in [0.1, 0.15) is 32.5 Å². The Hall–Kier alpha value is -2.95. The summed E-state index contributed by atoms with van der Waals surface area (Å²) in [6, 6.07) is 0.714. The number of aromatic hydroxyl groups is 1. The Balaban J connectivity index is 1.67. The number of nitrogens with one attached hydrogen (secondary N) is 1. The smallest absolute Gasteiger partial charge is 0.274 e. The molecule has 2 bridgehead atoms. The summed E-state index contributed by atoms with van der Waals surface area (Å²) in [6.45, 7) is 0.240. The molecule has 0 radical (unpaired) electrons. The van der Waals surface area contributed by atoms with Crippen molar-refractivity contribution in [2.24, 2.45) is 0 Å². The molecule has 0 spiro atoms. The number of aromatic nitrogens is 1. The first kappa shape index (κ1) is 20.3. The van der Waals surface area contributed by atoms with Crippen LogP contribution in [0.15, 0.2) is 23.1 Å². The van der Waals surface area contributed by atoms with E-state index in [1.807, 2.05) is 0 Å². The van der Waals surface area contributed by atoms with E-state index in [2.05, 4.69) is 5.32 Å². The third kappa shape index (κ3) is 3.42. The van der Waals surface area contributed by atoms with Crippen LogP contribution >= 0.6 is 11.8 Å². The van der Waals surface area contributed by atoms with Gasteiger partial charge in [-0.2, -0.15) is 11.8 Å². The van der Waals surface area contributed by atoms with Crippen LogP contribution in [0.5, 0.6) is 5.75 Å². The summed E-state index contributed by atoms with van der Waals surface area (Å²) in [5.41, 5.74) is -2.27. The summed E-state index contributed by atoms with van der Waals surface area (Å²) < 4.78 is 42.0. The number of thioether (sulfide) groups is 1. The normalized spacial score (nSPS) is 18.0. The van der Waals surface area contributed by atoms with Crippen molar-refractivity contribution in [1.82, 2.24) is 14.8 Å². The van der Waals surface area contributed by atoms with Crippen LogP contribution < -0.4 is 10.7 Å². The molecule has 2 aliphatic heterocycles. The third-order valence-electron chi connectivity index (χ3n) is 5.12. The fourth-order valence-corrected chi connectivity index (χ4v) is 4.64. The largest absolute Gasteiger partial charge is 0.503 e. The minimum Gasteiger partial charge on any atom is -0.503 e. The van der Waals surface area contributed by atoms with E-state index >= 15 is 0 Å². The average molecular weight is 439 g/mol. The third-order valence-corrected chi connectivity index (χ3v) is 6.21. The lowest BCUT2D eigenvalue weighted by atomic mass is 10.1. The van der Waals surface area contributed by atoms with Crippen LogP contribution in [0, 0.1) is 17.5 Å². The van der Waals surface area contributed by atoms with Gasteiger partial charge in [0.2, 0.25) is 5.43 Å². The van der Waals surface area contributed by atoms with Crippen LogP contribution in [-0.2, 0) is 6.54 Å². The molecule has 0 aliphatic carbocycles. The van der Waals surface area contributed by atoms with Crippen LogP contribution in [0.25, 0.3) is 0 Å². The lowest BCUT2D eigenvalue weighted by Crippen LogP contribution is -2.45. The second-order valence-electron chi connectivity index (χ2n) is 6.99. The van der Waals surface area contributed by atoms with Crippen molar-refractivity contribution in [1.29, 1.82) is 0 Å². The second-order valence-corrected chi connectivity index (χ2v) is 8.14. The van der Waals surface area contributed by atoms with E-state index in [0.29, 0.717) is 36.7 Å². The van der Waals surface area contributed by atoms with E-state index in [1.54, 1.807) is 16.7 Å². The summed E-state index contributed by atoms with van der Waals surface area (Å²) in [5.74, 6) is -4.45. The summed E-state index contributed by atoms with van der Waals surface area (Å²) in [5, 5.41) is 12.6. The zero-order valence-electron chi connectivity index (χ0n) is 15.5. The monoisotopic (exact) mass is 439 g/mol. The maximum Gasteiger partial charge on any atom is 0.274 e. The van der Waals surface area contributed by atoms with Crippen LogP contribution in [0.2, 0.25) is 0 Å². The second kappa shape index (κ2) is 7.71. The van der Waals surface area contributed by atoms with Gasteiger partial charge >= 0.3 is 0 Å². The molecule has 1 saturated heterocycles. The number of hydrogen-bond donors (Lipinski definition) is 2. The molecule has 1 atom stereocenters. The summed E-state index contributed by atoms with van der Waals surface area (Å²) in [6.07, 6.45) is 1.19. The minimum atomic E-state index is -1.18. The summed E-state index contributed by atoms with van der Waals surface area (Å²) >= 11 is 1.60. The van der Waals surface area contributed by atoms with Gasteiger partial charge in [0.05, 0.1) is 6.04 Å². The van der Waals surface area contributed by atoms with Gasteiger partial charge < -0.3 is 19.9 Å². The Bertz CT molecular complexity index is 1100. The number of hydrogen-bond acceptors (Lipinski definition) is 5. The Kier molecular flexibility index (Phi) is 5.22. The standard InChI is InChI=1S/C19H16F3N3O4S/c20-9-3-13(21)11(14(22)4-9)5-23-18(28)12-7-25-10-6-24(1-2-30-8-10)19(29)15(25)17(27)16(12)26/h3-4,7,10,27H,1-2,5-6,8H2,(H,23,28)/t10-/m0/s1. The van der Waals surface area contributed by atoms with Gasteiger partial charge in [0, 0.05) is 55.0 Å². The highest BCUT2D eigenvalue weighted by atomic mass is 32.2. The van der Waals surface area contributed by atoms with E-state index in [-0.39, 0.29) is 11.7 Å². The zero-order chi connectivity index (χ0) is 21.6. The number of fused-ring (bicyclic) bond motifs is 4. The molecule has 158 valence electrons. The highest BCUT2D eigenvalue weighted by molar-refractivity contribution is 7.99. The number of amides is 2. The van der Waals surface area contributed by atoms with Crippen molar-refractivity contribution >= 4 is 23.6 Å². The molecule has 1 aromatic carbocycles. The molecule has 1 fully saturated rings. The maximum atomic E-state index is 13.8. The van der Waals surface area contributed by atoms with E-state index in [1.165, 1.54) is 10.8 Å². The molecule has 0 unspecified atom stereocenters. The topological polar surface area (TPSA) is 91.6 Å². The summed E-state index contributed by atoms with van der Waals surface area (Å²) in [7, 11) is 0. The molecule has 2 amide bonds. The maximum absolute atomic E-state index is 13.8. The van der Waals surface area contributed by atoms with Gasteiger partial charge in [-0.25, -0.2) is 13.2 Å². The number of nitrogens with zero attached hydrogens (tertiary/aromatic N) is 2. The lowest BCUT2D eigenvalue weighted by molar-refractivity contribution is 0.0685. The average Bonchev–Trinajstić information content (AvgIpc) is 2.91. The van der Waals surface area contributed by atoms with Gasteiger partial charge in [-0.05, 0) is 0 Å². The number of halogens is 3. The SMILES string of the molecule is O=C(NCc1c(F)cc(F)cc1F)c1cn2c(c(O)c1=O)C(=O)N1CCSC[C@@H]2C1. The van der Waals surface area contributed by atoms with Gasteiger partial charge in [-0.1, -0.05) is 0 Å². The molecule has 2 aliphatic rings. The minimum absolute atomic E-state index is 0.175. The number of rotatable bonds is 3. The molecule has 1 aromatic heterocycles. The predicted octanol–water partition coefficient (Wildman–Crippen LogP) is 1.64. The quantitative estimate of drug-likeness (QED) is 0.759. The molecule has 2 aromatic rings. The molecule has 2 N–H and O–H groups in total. The van der Waals surface area contributed by atoms with Crippen molar-refractivity contribution in [3.8, 4) is 5.75 Å². The fourth-order valence-electron chi connectivity index (χ4n) is 3.58. The molecular weight excluding hydrogens is 423 g/mol. The molecule has 3 heterocycles. The lowest BCUT2D eigenvalue weighted by Gasteiger charge is -2.34. The number of carbonyl (C=O) groups excluding carboxylic acids is 2. The Morgan fingerprint density at radius 1 is 1.23 bits per heavy atom. The van der Waals surface area contributed by atoms with Crippen LogP contribution in [0.4, 0.5) is 13.2 Å². The first-order valence-electron chi connectivity index (χ1n) is 9.04. The highest BCUT2D eigenvalue weighted by Crippen LogP contribution is 2.31. The first-order valence-corrected chi connectivity index (χ1v) is 10.2. The first-order chi connectivity index (χ1) is 14.3. The molecule has 4 rings (SSSR count). The molecule has 11 heteroatoms. The van der Waals surface area contributed by atoms with E-state index < -0.39 is 58.1 Å². The fraction of sp³-hybridized carbons (Fsp3) is 0.316. The molecule has 7 nitrogen and oxygen atoms in total. The highest BCUT2D eigenvalue weighted by Gasteiger charge is 2.36. The van der Waals surface area contributed by atoms with E-state index in [9.17, 15) is 32.7 Å². The number of pyridine rings is 1. The Morgan fingerprint density at radius 2 is 1.93 bits per heavy atom. The number of benzene rings is 1. The van der Waals surface area contributed by atoms with Crippen molar-refractivity contribution in [2.45, 2.75) is 12.6 Å². The zero-order valence-corrected chi connectivity index (χ0v) is 16.3. The Labute approximate surface area is 172 Å². The molecule has 0 saturated carbocycles. The van der Waals surface area contributed by atoms with Crippen molar-refractivity contribution < 1.29 is 27.9 Å². The van der Waals surface area contributed by atoms with Gasteiger partial charge in [-0.15, -0.1) is 0 Å². The van der Waals surface area contributed by atoms with Crippen LogP contribution in [0.3, 0.4) is 0 Å². The van der Waals surface area contributed by atoms with Gasteiger partial charge in [0.1, 0.15) is 23.0 Å². The van der Waals surface area contributed by atoms with Gasteiger partial charge in [0.15, 0.2) is 11.4 Å². The van der Waals surface area contributed by atoms with Gasteiger partial charge in [0.25, 0.3) is 11.8 Å². The van der Waals surface area contributed by atoms with Crippen molar-refractivity contribution in [2.75, 3.05) is 24.6 Å².